The molecule has 1 aliphatic carbocycles. The molecule has 0 amide bonds. The second-order valence-electron chi connectivity index (χ2n) is 19.3. The highest BCUT2D eigenvalue weighted by atomic mass is 16.3. The SMILES string of the molecule is CC1(C)c2ccccc2-c2c(-c3nc(-n4c5ccccc5c5cc(-c6ccc7oc8cccc(-c9ccc%10c(c9)c9ccccc9n%10-c9ccccc9)c8c7c6)ccc54)nc4ccccc34)cccc21. The second-order valence-corrected chi connectivity index (χ2v) is 19.3. The lowest BCUT2D eigenvalue weighted by Crippen LogP contribution is -2.14. The van der Waals surface area contributed by atoms with E-state index in [0.717, 1.165) is 93.8 Å². The molecule has 5 heteroatoms. The molecule has 328 valence electrons. The van der Waals surface area contributed by atoms with Crippen molar-refractivity contribution in [2.45, 2.75) is 19.3 Å². The standard InChI is InChI=1S/C65H42N4O/c1-65(2)52-24-10-6-20-46(52)61-48(23-14-25-53(61)65)63-47-21-7-11-26-54(47)66-64(67-63)69-56-28-13-9-19-45(56)49-36-39(30-33-58(49)69)40-32-35-59-51(37-40)62-43(22-15-29-60(62)70-59)41-31-34-57-50(38-41)44-18-8-12-27-55(44)68(57)42-16-4-3-5-17-42/h3-38H,1-2H3. The predicted octanol–water partition coefficient (Wildman–Crippen LogP) is 17.0. The first-order valence-corrected chi connectivity index (χ1v) is 24.1. The van der Waals surface area contributed by atoms with Crippen molar-refractivity contribution in [3.05, 3.63) is 230 Å². The van der Waals surface area contributed by atoms with Crippen LogP contribution in [-0.2, 0) is 5.41 Å². The summed E-state index contributed by atoms with van der Waals surface area (Å²) in [5, 5.41) is 7.98. The molecule has 70 heavy (non-hydrogen) atoms. The largest absolute Gasteiger partial charge is 0.456 e. The lowest BCUT2D eigenvalue weighted by atomic mass is 9.82. The molecule has 4 aromatic heterocycles. The average Bonchev–Trinajstić information content (AvgIpc) is 4.13. The van der Waals surface area contributed by atoms with Crippen LogP contribution < -0.4 is 0 Å². The second kappa shape index (κ2) is 14.5. The molecule has 0 aliphatic heterocycles. The molecule has 5 nitrogen and oxygen atoms in total. The summed E-state index contributed by atoms with van der Waals surface area (Å²) >= 11 is 0. The Kier molecular flexibility index (Phi) is 8.06. The van der Waals surface area contributed by atoms with Gasteiger partial charge >= 0.3 is 0 Å². The van der Waals surface area contributed by atoms with Crippen molar-refractivity contribution in [3.63, 3.8) is 0 Å². The lowest BCUT2D eigenvalue weighted by molar-refractivity contribution is 0.660. The van der Waals surface area contributed by atoms with Crippen LogP contribution in [0.4, 0.5) is 0 Å². The fraction of sp³-hybridized carbons (Fsp3) is 0.0462. The number of benzene rings is 10. The van der Waals surface area contributed by atoms with Crippen LogP contribution in [0.25, 0.3) is 133 Å². The molecular weight excluding hydrogens is 853 g/mol. The first-order valence-electron chi connectivity index (χ1n) is 24.1. The molecule has 0 N–H and O–H groups in total. The molecule has 0 bridgehead atoms. The number of fused-ring (bicyclic) bond motifs is 13. The molecule has 0 saturated carbocycles. The van der Waals surface area contributed by atoms with E-state index < -0.39 is 0 Å². The van der Waals surface area contributed by atoms with E-state index in [4.69, 9.17) is 14.4 Å². The van der Waals surface area contributed by atoms with Crippen LogP contribution >= 0.6 is 0 Å². The minimum atomic E-state index is -0.128. The zero-order valence-corrected chi connectivity index (χ0v) is 38.5. The Morgan fingerprint density at radius 2 is 0.957 bits per heavy atom. The summed E-state index contributed by atoms with van der Waals surface area (Å²) in [6, 6.07) is 78.7. The van der Waals surface area contributed by atoms with Crippen molar-refractivity contribution in [1.82, 2.24) is 19.1 Å². The van der Waals surface area contributed by atoms with Gasteiger partial charge in [0.05, 0.1) is 33.3 Å². The Morgan fingerprint density at radius 1 is 0.386 bits per heavy atom. The maximum atomic E-state index is 6.61. The number of nitrogens with zero attached hydrogens (tertiary/aromatic N) is 4. The van der Waals surface area contributed by atoms with Gasteiger partial charge in [-0.3, -0.25) is 4.57 Å². The Bertz CT molecular complexity index is 4510. The van der Waals surface area contributed by atoms with Crippen LogP contribution in [0, 0.1) is 0 Å². The highest BCUT2D eigenvalue weighted by Crippen LogP contribution is 2.52. The van der Waals surface area contributed by atoms with Crippen molar-refractivity contribution in [2.24, 2.45) is 0 Å². The Hall–Kier alpha value is -9.06. The number of para-hydroxylation sites is 4. The Balaban J connectivity index is 0.884. The van der Waals surface area contributed by atoms with Crippen LogP contribution in [0.5, 0.6) is 0 Å². The number of hydrogen-bond acceptors (Lipinski definition) is 3. The van der Waals surface area contributed by atoms with Crippen LogP contribution in [0.1, 0.15) is 25.0 Å². The van der Waals surface area contributed by atoms with E-state index in [-0.39, 0.29) is 5.41 Å². The molecule has 0 spiro atoms. The topological polar surface area (TPSA) is 48.8 Å². The summed E-state index contributed by atoms with van der Waals surface area (Å²) in [4.78, 5) is 10.9. The summed E-state index contributed by atoms with van der Waals surface area (Å²) in [6.45, 7) is 4.66. The van der Waals surface area contributed by atoms with Gasteiger partial charge in [-0.25, -0.2) is 9.97 Å². The minimum Gasteiger partial charge on any atom is -0.456 e. The van der Waals surface area contributed by atoms with Gasteiger partial charge in [0.15, 0.2) is 0 Å². The van der Waals surface area contributed by atoms with Crippen molar-refractivity contribution in [1.29, 1.82) is 0 Å². The Labute approximate surface area is 403 Å². The van der Waals surface area contributed by atoms with Crippen LogP contribution in [0.3, 0.4) is 0 Å². The maximum Gasteiger partial charge on any atom is 0.235 e. The molecular formula is C65H42N4O. The van der Waals surface area contributed by atoms with E-state index in [0.29, 0.717) is 5.95 Å². The van der Waals surface area contributed by atoms with Gasteiger partial charge in [-0.05, 0) is 117 Å². The van der Waals surface area contributed by atoms with Crippen LogP contribution in [0.2, 0.25) is 0 Å². The van der Waals surface area contributed by atoms with E-state index >= 15 is 0 Å². The molecule has 0 fully saturated rings. The predicted molar refractivity (Wildman–Crippen MR) is 289 cm³/mol. The van der Waals surface area contributed by atoms with Crippen LogP contribution in [0.15, 0.2) is 223 Å². The first kappa shape index (κ1) is 39.0. The molecule has 0 radical (unpaired) electrons. The minimum absolute atomic E-state index is 0.128. The molecule has 14 aromatic rings. The smallest absolute Gasteiger partial charge is 0.235 e. The lowest BCUT2D eigenvalue weighted by Gasteiger charge is -2.21. The molecule has 0 atom stereocenters. The fourth-order valence-corrected chi connectivity index (χ4v) is 11.9. The summed E-state index contributed by atoms with van der Waals surface area (Å²) in [6.07, 6.45) is 0. The van der Waals surface area contributed by atoms with Gasteiger partial charge in [0.2, 0.25) is 5.95 Å². The van der Waals surface area contributed by atoms with Crippen molar-refractivity contribution in [3.8, 4) is 56.3 Å². The average molecular weight is 895 g/mol. The number of aromatic nitrogens is 4. The van der Waals surface area contributed by atoms with Gasteiger partial charge in [0, 0.05) is 54.4 Å². The van der Waals surface area contributed by atoms with Crippen LogP contribution in [-0.4, -0.2) is 19.1 Å². The Morgan fingerprint density at radius 3 is 1.77 bits per heavy atom. The van der Waals surface area contributed by atoms with Gasteiger partial charge in [-0.1, -0.05) is 159 Å². The normalized spacial score (nSPS) is 13.1. The summed E-state index contributed by atoms with van der Waals surface area (Å²) in [7, 11) is 0. The molecule has 0 saturated heterocycles. The summed E-state index contributed by atoms with van der Waals surface area (Å²) in [5.74, 6) is 0.650. The fourth-order valence-electron chi connectivity index (χ4n) is 11.9. The highest BCUT2D eigenvalue weighted by molar-refractivity contribution is 6.16. The quantitative estimate of drug-likeness (QED) is 0.173. The molecule has 15 rings (SSSR count). The zero-order valence-electron chi connectivity index (χ0n) is 38.5. The molecule has 4 heterocycles. The highest BCUT2D eigenvalue weighted by Gasteiger charge is 2.37. The van der Waals surface area contributed by atoms with E-state index in [1.54, 1.807) is 0 Å². The van der Waals surface area contributed by atoms with Crippen molar-refractivity contribution >= 4 is 76.5 Å². The van der Waals surface area contributed by atoms with E-state index in [9.17, 15) is 0 Å². The van der Waals surface area contributed by atoms with Gasteiger partial charge in [-0.15, -0.1) is 0 Å². The third-order valence-electron chi connectivity index (χ3n) is 15.2. The first-order chi connectivity index (χ1) is 34.5. The molecule has 10 aromatic carbocycles. The zero-order chi connectivity index (χ0) is 46.2. The van der Waals surface area contributed by atoms with Gasteiger partial charge in [0.25, 0.3) is 0 Å². The third kappa shape index (κ3) is 5.48. The number of furan rings is 1. The summed E-state index contributed by atoms with van der Waals surface area (Å²) < 4.78 is 11.2. The number of hydrogen-bond donors (Lipinski definition) is 0. The van der Waals surface area contributed by atoms with Gasteiger partial charge < -0.3 is 8.98 Å². The molecule has 0 unspecified atom stereocenters. The van der Waals surface area contributed by atoms with Crippen molar-refractivity contribution < 1.29 is 4.42 Å². The number of rotatable bonds is 5. The van der Waals surface area contributed by atoms with E-state index in [1.807, 2.05) is 0 Å². The third-order valence-corrected chi connectivity index (χ3v) is 15.2. The van der Waals surface area contributed by atoms with E-state index in [1.165, 1.54) is 44.1 Å². The van der Waals surface area contributed by atoms with Gasteiger partial charge in [0.1, 0.15) is 11.2 Å². The van der Waals surface area contributed by atoms with E-state index in [2.05, 4.69) is 241 Å². The van der Waals surface area contributed by atoms with Crippen molar-refractivity contribution in [2.75, 3.05) is 0 Å². The van der Waals surface area contributed by atoms with Gasteiger partial charge in [-0.2, -0.15) is 0 Å². The monoisotopic (exact) mass is 894 g/mol. The molecule has 1 aliphatic rings. The maximum absolute atomic E-state index is 6.61. The summed E-state index contributed by atoms with van der Waals surface area (Å²) in [5.41, 5.74) is 20.0.